The molecular formula is C35H36FN11O3S. The van der Waals surface area contributed by atoms with Gasteiger partial charge in [0.15, 0.2) is 11.4 Å². The van der Waals surface area contributed by atoms with Gasteiger partial charge in [-0.1, -0.05) is 18.3 Å². The van der Waals surface area contributed by atoms with Gasteiger partial charge in [-0.25, -0.2) is 29.1 Å². The number of primary amides is 1. The number of nitrogens with zero attached hydrogens (tertiary/aromatic N) is 9. The molecule has 5 aromatic rings. The molecule has 6 heterocycles. The van der Waals surface area contributed by atoms with E-state index < -0.39 is 18.1 Å². The van der Waals surface area contributed by atoms with Crippen LogP contribution in [0.4, 0.5) is 21.3 Å². The highest BCUT2D eigenvalue weighted by atomic mass is 32.1. The number of piperidine rings is 1. The van der Waals surface area contributed by atoms with Crippen LogP contribution >= 0.6 is 11.3 Å². The first-order chi connectivity index (χ1) is 24.7. The van der Waals surface area contributed by atoms with Crippen molar-refractivity contribution >= 4 is 45.8 Å². The molecule has 2 fully saturated rings. The quantitative estimate of drug-likeness (QED) is 0.178. The smallest absolute Gasteiger partial charge is 0.398 e. The van der Waals surface area contributed by atoms with Gasteiger partial charge in [-0.05, 0) is 68.8 Å². The summed E-state index contributed by atoms with van der Waals surface area (Å²) in [6.45, 7) is 5.31. The number of nitriles is 1. The highest BCUT2D eigenvalue weighted by Gasteiger charge is 2.36. The van der Waals surface area contributed by atoms with Crippen LogP contribution in [-0.4, -0.2) is 93.2 Å². The van der Waals surface area contributed by atoms with Gasteiger partial charge in [0.2, 0.25) is 5.95 Å². The fourth-order valence-electron chi connectivity index (χ4n) is 6.69. The molecule has 0 radical (unpaired) electrons. The Labute approximate surface area is 297 Å². The third kappa shape index (κ3) is 6.83. The molecule has 2 aliphatic rings. The molecule has 1 unspecified atom stereocenters. The second-order valence-electron chi connectivity index (χ2n) is 12.4. The summed E-state index contributed by atoms with van der Waals surface area (Å²) in [5.41, 5.74) is 9.62. The van der Waals surface area contributed by atoms with Crippen LogP contribution < -0.4 is 20.9 Å². The van der Waals surface area contributed by atoms with Crippen molar-refractivity contribution in [3.05, 3.63) is 71.4 Å². The van der Waals surface area contributed by atoms with Crippen LogP contribution in [0, 0.1) is 17.1 Å². The van der Waals surface area contributed by atoms with Crippen molar-refractivity contribution in [2.24, 2.45) is 5.73 Å². The van der Waals surface area contributed by atoms with E-state index in [-0.39, 0.29) is 11.9 Å². The number of ether oxygens (including phenoxy) is 1. The SMILES string of the molecule is CCc1nc2ccc(-c3cnc(N4CCN(C5CCNCC5)C(OC(=O)C(N)=O)C4)nc3)cn2c1N(C)c1nc(-c2ccc(F)cc2)c(C#N)s1. The molecule has 14 nitrogen and oxygen atoms in total. The molecule has 16 heteroatoms. The van der Waals surface area contributed by atoms with E-state index in [0.717, 1.165) is 54.2 Å². The Hall–Kier alpha value is -5.50. The highest BCUT2D eigenvalue weighted by molar-refractivity contribution is 7.16. The number of fused-ring (bicyclic) bond motifs is 1. The Kier molecular flexibility index (Phi) is 9.58. The zero-order chi connectivity index (χ0) is 35.6. The molecule has 4 aromatic heterocycles. The van der Waals surface area contributed by atoms with Crippen LogP contribution in [0.2, 0.25) is 0 Å². The minimum absolute atomic E-state index is 0.221. The van der Waals surface area contributed by atoms with E-state index in [1.54, 1.807) is 24.5 Å². The maximum Gasteiger partial charge on any atom is 0.398 e. The van der Waals surface area contributed by atoms with Crippen LogP contribution in [0.5, 0.6) is 0 Å². The number of piperazine rings is 1. The normalized spacial score (nSPS) is 17.0. The maximum atomic E-state index is 13.6. The summed E-state index contributed by atoms with van der Waals surface area (Å²) in [7, 11) is 1.89. The summed E-state index contributed by atoms with van der Waals surface area (Å²) < 4.78 is 21.2. The van der Waals surface area contributed by atoms with Crippen molar-refractivity contribution in [2.45, 2.75) is 38.5 Å². The van der Waals surface area contributed by atoms with Gasteiger partial charge >= 0.3 is 11.9 Å². The van der Waals surface area contributed by atoms with Gasteiger partial charge in [0, 0.05) is 61.5 Å². The number of anilines is 3. The van der Waals surface area contributed by atoms with Crippen molar-refractivity contribution in [3.8, 4) is 28.5 Å². The average molecular weight is 710 g/mol. The molecule has 51 heavy (non-hydrogen) atoms. The van der Waals surface area contributed by atoms with E-state index in [4.69, 9.17) is 20.4 Å². The number of rotatable bonds is 8. The zero-order valence-electron chi connectivity index (χ0n) is 28.1. The number of hydrogen-bond donors (Lipinski definition) is 2. The van der Waals surface area contributed by atoms with E-state index in [9.17, 15) is 19.2 Å². The second kappa shape index (κ2) is 14.4. The standard InChI is InChI=1S/C35H36FN11O3S/c1-3-26-32(44(2)35-43-30(27(16-37)51-35)21-4-7-24(36)8-5-21)47-19-22(6-9-28(47)42-26)23-17-40-34(41-18-23)45-14-15-46(25-10-12-39-13-11-25)29(20-45)50-33(49)31(38)48/h4-9,17-19,25,29,39H,3,10-15,20H2,1-2H3,(H2,38,48). The lowest BCUT2D eigenvalue weighted by molar-refractivity contribution is -0.168. The Balaban J connectivity index is 1.14. The molecule has 7 rings (SSSR count). The van der Waals surface area contributed by atoms with Crippen LogP contribution in [0.15, 0.2) is 55.0 Å². The molecule has 0 spiro atoms. The molecule has 0 aliphatic carbocycles. The molecular weight excluding hydrogens is 674 g/mol. The number of nitrogens with two attached hydrogens (primary N) is 1. The number of aryl methyl sites for hydroxylation is 1. The molecule has 0 saturated carbocycles. The van der Waals surface area contributed by atoms with Crippen molar-refractivity contribution in [1.82, 2.24) is 34.6 Å². The molecule has 2 aliphatic heterocycles. The summed E-state index contributed by atoms with van der Waals surface area (Å²) in [5, 5.41) is 13.8. The average Bonchev–Trinajstić information content (AvgIpc) is 3.77. The number of carbonyl (C=O) groups excluding carboxylic acids is 2. The molecule has 1 aromatic carbocycles. The predicted molar refractivity (Wildman–Crippen MR) is 190 cm³/mol. The number of pyridine rings is 1. The minimum Gasteiger partial charge on any atom is -0.437 e. The Morgan fingerprint density at radius 3 is 2.49 bits per heavy atom. The summed E-state index contributed by atoms with van der Waals surface area (Å²) in [4.78, 5) is 49.2. The second-order valence-corrected chi connectivity index (χ2v) is 13.4. The lowest BCUT2D eigenvalue weighted by Crippen LogP contribution is -2.60. The lowest BCUT2D eigenvalue weighted by Gasteiger charge is -2.45. The van der Waals surface area contributed by atoms with Gasteiger partial charge in [-0.3, -0.25) is 14.1 Å². The first-order valence-corrected chi connectivity index (χ1v) is 17.5. The third-order valence-electron chi connectivity index (χ3n) is 9.29. The summed E-state index contributed by atoms with van der Waals surface area (Å²) >= 11 is 1.26. The molecule has 2 saturated heterocycles. The third-order valence-corrected chi connectivity index (χ3v) is 10.3. The molecule has 1 atom stereocenters. The van der Waals surface area contributed by atoms with Crippen molar-refractivity contribution in [2.75, 3.05) is 49.6 Å². The van der Waals surface area contributed by atoms with E-state index in [0.29, 0.717) is 53.3 Å². The predicted octanol–water partition coefficient (Wildman–Crippen LogP) is 3.48. The maximum absolute atomic E-state index is 13.6. The minimum atomic E-state index is -1.12. The van der Waals surface area contributed by atoms with Crippen molar-refractivity contribution in [3.63, 3.8) is 0 Å². The van der Waals surface area contributed by atoms with Gasteiger partial charge in [-0.2, -0.15) is 5.26 Å². The Morgan fingerprint density at radius 1 is 1.08 bits per heavy atom. The summed E-state index contributed by atoms with van der Waals surface area (Å²) in [6.07, 6.45) is 7.31. The van der Waals surface area contributed by atoms with Crippen molar-refractivity contribution < 1.29 is 18.7 Å². The first kappa shape index (κ1) is 34.0. The number of imidazole rings is 1. The van der Waals surface area contributed by atoms with Gasteiger partial charge in [0.25, 0.3) is 0 Å². The van der Waals surface area contributed by atoms with Gasteiger partial charge in [0.05, 0.1) is 12.2 Å². The van der Waals surface area contributed by atoms with Gasteiger partial charge in [-0.15, -0.1) is 0 Å². The van der Waals surface area contributed by atoms with E-state index in [2.05, 4.69) is 26.3 Å². The number of thiazole rings is 1. The summed E-state index contributed by atoms with van der Waals surface area (Å²) in [6, 6.07) is 12.3. The number of halogens is 1. The number of amides is 1. The lowest BCUT2D eigenvalue weighted by atomic mass is 10.0. The fraction of sp³-hybridized carbons (Fsp3) is 0.343. The topological polar surface area (TPSA) is 171 Å². The van der Waals surface area contributed by atoms with Crippen LogP contribution in [0.25, 0.3) is 28.0 Å². The highest BCUT2D eigenvalue weighted by Crippen LogP contribution is 2.37. The fourth-order valence-corrected chi connectivity index (χ4v) is 7.54. The van der Waals surface area contributed by atoms with Crippen LogP contribution in [0.1, 0.15) is 30.3 Å². The first-order valence-electron chi connectivity index (χ1n) is 16.7. The zero-order valence-corrected chi connectivity index (χ0v) is 28.9. The molecule has 0 bridgehead atoms. The summed E-state index contributed by atoms with van der Waals surface area (Å²) in [5.74, 6) is -1.25. The van der Waals surface area contributed by atoms with Gasteiger partial charge in [0.1, 0.15) is 33.9 Å². The Bertz CT molecular complexity index is 2110. The van der Waals surface area contributed by atoms with Crippen molar-refractivity contribution in [1.29, 1.82) is 5.26 Å². The van der Waals surface area contributed by atoms with Crippen LogP contribution in [0.3, 0.4) is 0 Å². The monoisotopic (exact) mass is 709 g/mol. The van der Waals surface area contributed by atoms with Gasteiger partial charge < -0.3 is 25.6 Å². The van der Waals surface area contributed by atoms with E-state index in [1.807, 2.05) is 46.5 Å². The van der Waals surface area contributed by atoms with E-state index in [1.165, 1.54) is 23.5 Å². The number of carbonyl (C=O) groups is 2. The number of esters is 1. The Morgan fingerprint density at radius 2 is 1.80 bits per heavy atom. The van der Waals surface area contributed by atoms with E-state index >= 15 is 0 Å². The number of hydrogen-bond acceptors (Lipinski definition) is 13. The molecule has 262 valence electrons. The molecule has 3 N–H and O–H groups in total. The molecule has 1 amide bonds. The number of aromatic nitrogens is 5. The van der Waals surface area contributed by atoms with Crippen LogP contribution in [-0.2, 0) is 20.7 Å². The number of nitrogens with one attached hydrogen (secondary N) is 1. The number of benzene rings is 1. The largest absolute Gasteiger partial charge is 0.437 e.